The molecule has 0 unspecified atom stereocenters. The summed E-state index contributed by atoms with van der Waals surface area (Å²) in [7, 11) is 0. The molecule has 0 saturated heterocycles. The third-order valence-electron chi connectivity index (χ3n) is 1.87. The van der Waals surface area contributed by atoms with Gasteiger partial charge in [-0.2, -0.15) is 0 Å². The summed E-state index contributed by atoms with van der Waals surface area (Å²) < 4.78 is 0. The molecule has 0 saturated carbocycles. The van der Waals surface area contributed by atoms with Crippen LogP contribution in [0.4, 0.5) is 5.82 Å². The summed E-state index contributed by atoms with van der Waals surface area (Å²) in [5, 5.41) is 2.32. The van der Waals surface area contributed by atoms with Crippen molar-refractivity contribution in [3.8, 4) is 0 Å². The highest BCUT2D eigenvalue weighted by Crippen LogP contribution is 2.06. The number of nitrogens with one attached hydrogen (secondary N) is 3. The van der Waals surface area contributed by atoms with E-state index in [4.69, 9.17) is 11.6 Å². The normalized spacial score (nSPS) is 10.1. The molecule has 9 heteroatoms. The summed E-state index contributed by atoms with van der Waals surface area (Å²) in [5.41, 5.74) is -1.63. The minimum Gasteiger partial charge on any atom is -0.305 e. The van der Waals surface area contributed by atoms with E-state index in [9.17, 15) is 14.4 Å². The minimum atomic E-state index is -0.770. The largest absolute Gasteiger partial charge is 0.326 e. The molecule has 0 fully saturated rings. The van der Waals surface area contributed by atoms with Crippen molar-refractivity contribution in [2.24, 2.45) is 0 Å². The Kier molecular flexibility index (Phi) is 3.20. The van der Waals surface area contributed by atoms with Crippen LogP contribution in [-0.4, -0.2) is 25.8 Å². The van der Waals surface area contributed by atoms with E-state index in [1.165, 1.54) is 12.3 Å². The van der Waals surface area contributed by atoms with Crippen LogP contribution in [0.25, 0.3) is 0 Å². The van der Waals surface area contributed by atoms with Gasteiger partial charge in [-0.1, -0.05) is 0 Å². The number of nitrogens with zero attached hydrogens (tertiary/aromatic N) is 2. The van der Waals surface area contributed by atoms with Crippen molar-refractivity contribution in [2.45, 2.75) is 0 Å². The van der Waals surface area contributed by atoms with Crippen molar-refractivity contribution < 1.29 is 4.79 Å². The third kappa shape index (κ3) is 2.80. The van der Waals surface area contributed by atoms with Crippen LogP contribution >= 0.6 is 11.6 Å². The molecule has 2 aromatic rings. The first kappa shape index (κ1) is 12.0. The van der Waals surface area contributed by atoms with Crippen molar-refractivity contribution in [1.29, 1.82) is 0 Å². The average molecular weight is 268 g/mol. The van der Waals surface area contributed by atoms with Gasteiger partial charge >= 0.3 is 5.69 Å². The Balaban J connectivity index is 2.27. The fraction of sp³-hybridized carbons (Fsp3) is 0. The standard InChI is InChI=1S/C9H6ClN5O3/c10-8-11-2-1-5(14-8)13-7(17)4-3-6(16)15-9(18)12-4/h1-3H,(H,11,13,14,17)(H2,12,15,16,18). The average Bonchev–Trinajstić information content (AvgIpc) is 2.27. The Hall–Kier alpha value is -2.48. The van der Waals surface area contributed by atoms with Crippen LogP contribution in [0.15, 0.2) is 27.9 Å². The summed E-state index contributed by atoms with van der Waals surface area (Å²) in [6.45, 7) is 0. The van der Waals surface area contributed by atoms with Gasteiger partial charge < -0.3 is 10.3 Å². The van der Waals surface area contributed by atoms with Crippen LogP contribution in [0.1, 0.15) is 10.5 Å². The van der Waals surface area contributed by atoms with E-state index in [2.05, 4.69) is 20.3 Å². The minimum absolute atomic E-state index is 0.0350. The second-order valence-corrected chi connectivity index (χ2v) is 3.50. The number of hydrogen-bond donors (Lipinski definition) is 3. The number of anilines is 1. The van der Waals surface area contributed by atoms with Gasteiger partial charge in [-0.05, 0) is 17.7 Å². The van der Waals surface area contributed by atoms with E-state index in [0.29, 0.717) is 0 Å². The highest BCUT2D eigenvalue weighted by molar-refractivity contribution is 6.28. The second-order valence-electron chi connectivity index (χ2n) is 3.17. The highest BCUT2D eigenvalue weighted by Gasteiger charge is 2.09. The first-order chi connectivity index (χ1) is 8.54. The lowest BCUT2D eigenvalue weighted by atomic mass is 10.4. The Labute approximate surface area is 104 Å². The maximum absolute atomic E-state index is 11.7. The quantitative estimate of drug-likeness (QED) is 0.649. The number of aromatic amines is 2. The molecule has 0 radical (unpaired) electrons. The zero-order chi connectivity index (χ0) is 13.1. The monoisotopic (exact) mass is 267 g/mol. The molecule has 2 rings (SSSR count). The Morgan fingerprint density at radius 2 is 2.11 bits per heavy atom. The van der Waals surface area contributed by atoms with Gasteiger partial charge in [-0.3, -0.25) is 14.6 Å². The first-order valence-corrected chi connectivity index (χ1v) is 5.06. The fourth-order valence-electron chi connectivity index (χ4n) is 1.18. The molecule has 0 aromatic carbocycles. The van der Waals surface area contributed by atoms with Gasteiger partial charge in [0.05, 0.1) is 0 Å². The summed E-state index contributed by atoms with van der Waals surface area (Å²) in [6, 6.07) is 2.37. The number of carbonyl (C=O) groups excluding carboxylic acids is 1. The number of carbonyl (C=O) groups is 1. The molecule has 2 aromatic heterocycles. The SMILES string of the molecule is O=C(Nc1ccnc(Cl)n1)c1cc(=O)[nH]c(=O)[nH]1. The highest BCUT2D eigenvalue weighted by atomic mass is 35.5. The number of rotatable bonds is 2. The number of amides is 1. The maximum Gasteiger partial charge on any atom is 0.326 e. The van der Waals surface area contributed by atoms with Gasteiger partial charge in [0, 0.05) is 12.3 Å². The summed E-state index contributed by atoms with van der Waals surface area (Å²) in [6.07, 6.45) is 1.35. The van der Waals surface area contributed by atoms with E-state index in [1.54, 1.807) is 0 Å². The predicted octanol–water partition coefficient (Wildman–Crippen LogP) is -0.241. The third-order valence-corrected chi connectivity index (χ3v) is 2.05. The molecular weight excluding hydrogens is 262 g/mol. The van der Waals surface area contributed by atoms with Crippen LogP contribution < -0.4 is 16.6 Å². The first-order valence-electron chi connectivity index (χ1n) is 4.68. The summed E-state index contributed by atoms with van der Waals surface area (Å²) in [5.74, 6) is -0.533. The van der Waals surface area contributed by atoms with E-state index in [1.807, 2.05) is 4.98 Å². The zero-order valence-electron chi connectivity index (χ0n) is 8.73. The van der Waals surface area contributed by atoms with E-state index in [-0.39, 0.29) is 16.8 Å². The molecule has 18 heavy (non-hydrogen) atoms. The molecular formula is C9H6ClN5O3. The molecule has 92 valence electrons. The zero-order valence-corrected chi connectivity index (χ0v) is 9.49. The number of aromatic nitrogens is 4. The molecule has 2 heterocycles. The number of hydrogen-bond acceptors (Lipinski definition) is 5. The lowest BCUT2D eigenvalue weighted by Crippen LogP contribution is -2.27. The molecule has 0 aliphatic carbocycles. The van der Waals surface area contributed by atoms with Crippen molar-refractivity contribution in [3.05, 3.63) is 50.1 Å². The van der Waals surface area contributed by atoms with Crippen molar-refractivity contribution >= 4 is 23.3 Å². The molecule has 1 amide bonds. The van der Waals surface area contributed by atoms with Crippen molar-refractivity contribution in [3.63, 3.8) is 0 Å². The Morgan fingerprint density at radius 3 is 2.78 bits per heavy atom. The maximum atomic E-state index is 11.7. The van der Waals surface area contributed by atoms with Crippen LogP contribution in [-0.2, 0) is 0 Å². The van der Waals surface area contributed by atoms with E-state index < -0.39 is 17.2 Å². The van der Waals surface area contributed by atoms with Gasteiger partial charge in [-0.15, -0.1) is 0 Å². The van der Waals surface area contributed by atoms with Crippen LogP contribution in [0.5, 0.6) is 0 Å². The molecule has 0 atom stereocenters. The summed E-state index contributed by atoms with van der Waals surface area (Å²) in [4.78, 5) is 45.2. The smallest absolute Gasteiger partial charge is 0.305 e. The van der Waals surface area contributed by atoms with Crippen LogP contribution in [0.3, 0.4) is 0 Å². The van der Waals surface area contributed by atoms with Gasteiger partial charge in [0.2, 0.25) is 5.28 Å². The molecule has 0 aliphatic rings. The molecule has 0 spiro atoms. The molecule has 0 aliphatic heterocycles. The lowest BCUT2D eigenvalue weighted by Gasteiger charge is -2.03. The van der Waals surface area contributed by atoms with Gasteiger partial charge in [0.25, 0.3) is 11.5 Å². The van der Waals surface area contributed by atoms with Crippen LogP contribution in [0, 0.1) is 0 Å². The molecule has 0 bridgehead atoms. The molecule has 8 nitrogen and oxygen atoms in total. The predicted molar refractivity (Wildman–Crippen MR) is 62.7 cm³/mol. The lowest BCUT2D eigenvalue weighted by molar-refractivity contribution is 0.102. The van der Waals surface area contributed by atoms with Crippen molar-refractivity contribution in [1.82, 2.24) is 19.9 Å². The number of H-pyrrole nitrogens is 2. The Morgan fingerprint density at radius 1 is 1.33 bits per heavy atom. The number of halogens is 1. The van der Waals surface area contributed by atoms with Gasteiger partial charge in [-0.25, -0.2) is 14.8 Å². The Bertz CT molecular complexity index is 679. The van der Waals surface area contributed by atoms with E-state index in [0.717, 1.165) is 6.07 Å². The van der Waals surface area contributed by atoms with E-state index >= 15 is 0 Å². The topological polar surface area (TPSA) is 121 Å². The second kappa shape index (κ2) is 4.80. The van der Waals surface area contributed by atoms with Crippen molar-refractivity contribution in [2.75, 3.05) is 5.32 Å². The molecule has 3 N–H and O–H groups in total. The summed E-state index contributed by atoms with van der Waals surface area (Å²) >= 11 is 5.54. The van der Waals surface area contributed by atoms with Crippen LogP contribution in [0.2, 0.25) is 5.28 Å². The fourth-order valence-corrected chi connectivity index (χ4v) is 1.33. The van der Waals surface area contributed by atoms with Gasteiger partial charge in [0.15, 0.2) is 0 Å². The van der Waals surface area contributed by atoms with Gasteiger partial charge in [0.1, 0.15) is 11.5 Å².